The molecule has 0 radical (unpaired) electrons. The number of aromatic amines is 2. The van der Waals surface area contributed by atoms with E-state index in [1.807, 2.05) is 0 Å². The first kappa shape index (κ1) is 12.3. The van der Waals surface area contributed by atoms with Gasteiger partial charge in [0.1, 0.15) is 6.17 Å². The average Bonchev–Trinajstić information content (AvgIpc) is 2.71. The Bertz CT molecular complexity index is 617. The zero-order valence-electron chi connectivity index (χ0n) is 9.69. The van der Waals surface area contributed by atoms with Gasteiger partial charge in [-0.1, -0.05) is 0 Å². The number of aromatic nitrogens is 3. The molecule has 18 heavy (non-hydrogen) atoms. The van der Waals surface area contributed by atoms with Crippen LogP contribution in [0.2, 0.25) is 0 Å². The molecule has 0 bridgehead atoms. The SMILES string of the molecule is COCC(N)NC(=O)c1c[nH]c2ncc(=O)[nH]c12. The van der Waals surface area contributed by atoms with E-state index in [1.54, 1.807) is 0 Å². The van der Waals surface area contributed by atoms with Crippen LogP contribution in [0.3, 0.4) is 0 Å². The molecule has 0 saturated carbocycles. The number of nitrogens with two attached hydrogens (primary N) is 1. The number of fused-ring (bicyclic) bond motifs is 1. The molecule has 1 amide bonds. The largest absolute Gasteiger partial charge is 0.381 e. The van der Waals surface area contributed by atoms with Crippen molar-refractivity contribution in [1.82, 2.24) is 20.3 Å². The monoisotopic (exact) mass is 251 g/mol. The summed E-state index contributed by atoms with van der Waals surface area (Å²) in [5.41, 5.74) is 6.29. The Morgan fingerprint density at radius 1 is 1.67 bits per heavy atom. The van der Waals surface area contributed by atoms with Gasteiger partial charge in [-0.25, -0.2) is 4.98 Å². The summed E-state index contributed by atoms with van der Waals surface area (Å²) in [6, 6.07) is 0. The van der Waals surface area contributed by atoms with E-state index in [1.165, 1.54) is 13.3 Å². The maximum atomic E-state index is 11.9. The first-order valence-corrected chi connectivity index (χ1v) is 5.23. The smallest absolute Gasteiger partial charge is 0.267 e. The Labute approximate surface area is 102 Å². The van der Waals surface area contributed by atoms with Crippen molar-refractivity contribution in [3.8, 4) is 0 Å². The Hall–Kier alpha value is -2.19. The van der Waals surface area contributed by atoms with Gasteiger partial charge in [0, 0.05) is 13.3 Å². The molecular formula is C10H13N5O3. The van der Waals surface area contributed by atoms with E-state index in [2.05, 4.69) is 20.3 Å². The summed E-state index contributed by atoms with van der Waals surface area (Å²) in [5.74, 6) is -0.408. The lowest BCUT2D eigenvalue weighted by Gasteiger charge is -2.11. The lowest BCUT2D eigenvalue weighted by atomic mass is 10.3. The van der Waals surface area contributed by atoms with Gasteiger partial charge >= 0.3 is 0 Å². The van der Waals surface area contributed by atoms with E-state index < -0.39 is 12.1 Å². The molecule has 2 heterocycles. The van der Waals surface area contributed by atoms with Gasteiger partial charge in [-0.05, 0) is 0 Å². The molecule has 8 heteroatoms. The number of amides is 1. The van der Waals surface area contributed by atoms with E-state index in [0.717, 1.165) is 6.20 Å². The molecule has 0 aliphatic carbocycles. The summed E-state index contributed by atoms with van der Waals surface area (Å²) >= 11 is 0. The number of carbonyl (C=O) groups is 1. The number of ether oxygens (including phenoxy) is 1. The molecule has 0 spiro atoms. The third-order valence-electron chi connectivity index (χ3n) is 2.33. The predicted molar refractivity (Wildman–Crippen MR) is 64.0 cm³/mol. The van der Waals surface area contributed by atoms with Gasteiger partial charge in [-0.2, -0.15) is 0 Å². The summed E-state index contributed by atoms with van der Waals surface area (Å²) < 4.78 is 4.81. The number of hydrogen-bond donors (Lipinski definition) is 4. The molecule has 0 aromatic carbocycles. The zero-order chi connectivity index (χ0) is 13.1. The molecule has 5 N–H and O–H groups in total. The molecule has 1 atom stereocenters. The summed E-state index contributed by atoms with van der Waals surface area (Å²) in [6.45, 7) is 0.197. The van der Waals surface area contributed by atoms with Crippen molar-refractivity contribution in [3.63, 3.8) is 0 Å². The molecule has 8 nitrogen and oxygen atoms in total. The van der Waals surface area contributed by atoms with E-state index in [-0.39, 0.29) is 17.7 Å². The summed E-state index contributed by atoms with van der Waals surface area (Å²) in [6.07, 6.45) is 1.98. The van der Waals surface area contributed by atoms with Crippen LogP contribution >= 0.6 is 0 Å². The van der Waals surface area contributed by atoms with Crippen LogP contribution in [-0.4, -0.2) is 40.7 Å². The van der Waals surface area contributed by atoms with Crippen molar-refractivity contribution in [1.29, 1.82) is 0 Å². The molecule has 2 aromatic heterocycles. The number of nitrogens with zero attached hydrogens (tertiary/aromatic N) is 1. The predicted octanol–water partition coefficient (Wildman–Crippen LogP) is -1.09. The van der Waals surface area contributed by atoms with Crippen molar-refractivity contribution in [2.24, 2.45) is 5.73 Å². The van der Waals surface area contributed by atoms with Gasteiger partial charge in [0.05, 0.1) is 23.9 Å². The fraction of sp³-hybridized carbons (Fsp3) is 0.300. The second-order valence-electron chi connectivity index (χ2n) is 3.71. The second kappa shape index (κ2) is 4.98. The minimum absolute atomic E-state index is 0.197. The lowest BCUT2D eigenvalue weighted by molar-refractivity contribution is 0.0901. The Morgan fingerprint density at radius 3 is 3.17 bits per heavy atom. The highest BCUT2D eigenvalue weighted by atomic mass is 16.5. The normalized spacial score (nSPS) is 12.6. The van der Waals surface area contributed by atoms with Crippen LogP contribution in [0.25, 0.3) is 11.2 Å². The van der Waals surface area contributed by atoms with Gasteiger partial charge in [0.15, 0.2) is 5.65 Å². The highest BCUT2D eigenvalue weighted by Crippen LogP contribution is 2.11. The van der Waals surface area contributed by atoms with E-state index >= 15 is 0 Å². The molecular weight excluding hydrogens is 238 g/mol. The maximum absolute atomic E-state index is 11.9. The topological polar surface area (TPSA) is 126 Å². The third-order valence-corrected chi connectivity index (χ3v) is 2.33. The lowest BCUT2D eigenvalue weighted by Crippen LogP contribution is -2.44. The van der Waals surface area contributed by atoms with Gasteiger partial charge < -0.3 is 25.8 Å². The van der Waals surface area contributed by atoms with Crippen molar-refractivity contribution in [3.05, 3.63) is 28.3 Å². The van der Waals surface area contributed by atoms with E-state index in [9.17, 15) is 9.59 Å². The standard InChI is InChI=1S/C10H13N5O3/c1-18-4-6(11)14-10(17)5-2-12-9-8(5)15-7(16)3-13-9/h2-3,6H,4,11H2,1H3,(H,12,13)(H,14,17)(H,15,16). The highest BCUT2D eigenvalue weighted by Gasteiger charge is 2.15. The van der Waals surface area contributed by atoms with Gasteiger partial charge in [-0.3, -0.25) is 9.59 Å². The number of nitrogens with one attached hydrogen (secondary N) is 3. The summed E-state index contributed by atoms with van der Waals surface area (Å²) in [4.78, 5) is 32.3. The van der Waals surface area contributed by atoms with Crippen molar-refractivity contribution in [2.75, 3.05) is 13.7 Å². The zero-order valence-corrected chi connectivity index (χ0v) is 9.69. The van der Waals surface area contributed by atoms with Crippen LogP contribution in [-0.2, 0) is 4.74 Å². The van der Waals surface area contributed by atoms with Crippen LogP contribution in [0.5, 0.6) is 0 Å². The number of H-pyrrole nitrogens is 2. The molecule has 1 unspecified atom stereocenters. The van der Waals surface area contributed by atoms with Crippen LogP contribution < -0.4 is 16.6 Å². The third kappa shape index (κ3) is 2.39. The Kier molecular flexibility index (Phi) is 3.40. The fourth-order valence-electron chi connectivity index (χ4n) is 1.57. The first-order valence-electron chi connectivity index (χ1n) is 5.23. The fourth-order valence-corrected chi connectivity index (χ4v) is 1.57. The molecule has 0 aliphatic rings. The first-order chi connectivity index (χ1) is 8.61. The second-order valence-corrected chi connectivity index (χ2v) is 3.71. The van der Waals surface area contributed by atoms with E-state index in [4.69, 9.17) is 10.5 Å². The summed E-state index contributed by atoms with van der Waals surface area (Å²) in [7, 11) is 1.49. The highest BCUT2D eigenvalue weighted by molar-refractivity contribution is 6.04. The molecule has 2 rings (SSSR count). The van der Waals surface area contributed by atoms with Crippen LogP contribution in [0.15, 0.2) is 17.2 Å². The van der Waals surface area contributed by atoms with Crippen LogP contribution in [0.4, 0.5) is 0 Å². The van der Waals surface area contributed by atoms with Crippen molar-refractivity contribution < 1.29 is 9.53 Å². The molecule has 0 fully saturated rings. The molecule has 0 saturated heterocycles. The Balaban J connectivity index is 2.28. The minimum atomic E-state index is -0.615. The Morgan fingerprint density at radius 2 is 2.44 bits per heavy atom. The number of hydrogen-bond acceptors (Lipinski definition) is 5. The van der Waals surface area contributed by atoms with Crippen molar-refractivity contribution in [2.45, 2.75) is 6.17 Å². The maximum Gasteiger partial charge on any atom is 0.267 e. The molecule has 96 valence electrons. The average molecular weight is 251 g/mol. The number of carbonyl (C=O) groups excluding carboxylic acids is 1. The van der Waals surface area contributed by atoms with Gasteiger partial charge in [0.2, 0.25) is 0 Å². The van der Waals surface area contributed by atoms with Crippen LogP contribution in [0, 0.1) is 0 Å². The van der Waals surface area contributed by atoms with Crippen molar-refractivity contribution >= 4 is 17.1 Å². The van der Waals surface area contributed by atoms with E-state index in [0.29, 0.717) is 11.2 Å². The molecule has 0 aliphatic heterocycles. The number of rotatable bonds is 4. The summed E-state index contributed by atoms with van der Waals surface area (Å²) in [5, 5.41) is 2.54. The number of methoxy groups -OCH3 is 1. The molecule has 2 aromatic rings. The van der Waals surface area contributed by atoms with Gasteiger partial charge in [0.25, 0.3) is 11.5 Å². The minimum Gasteiger partial charge on any atom is -0.381 e. The quantitative estimate of drug-likeness (QED) is 0.514. The van der Waals surface area contributed by atoms with Crippen LogP contribution in [0.1, 0.15) is 10.4 Å². The van der Waals surface area contributed by atoms with Gasteiger partial charge in [-0.15, -0.1) is 0 Å².